The number of aryl methyl sites for hydroxylation is 1. The number of benzene rings is 1. The van der Waals surface area contributed by atoms with Crippen molar-refractivity contribution in [2.24, 2.45) is 0 Å². The highest BCUT2D eigenvalue weighted by atomic mass is 16.5. The molecule has 0 aliphatic carbocycles. The van der Waals surface area contributed by atoms with E-state index in [1.165, 1.54) is 0 Å². The van der Waals surface area contributed by atoms with Crippen molar-refractivity contribution in [3.8, 4) is 5.75 Å². The lowest BCUT2D eigenvalue weighted by Gasteiger charge is -2.21. The summed E-state index contributed by atoms with van der Waals surface area (Å²) in [5.41, 5.74) is 6.67. The van der Waals surface area contributed by atoms with Gasteiger partial charge in [0.15, 0.2) is 0 Å². The molecule has 2 rings (SSSR count). The number of hydrogen-bond donors (Lipinski definition) is 1. The quantitative estimate of drug-likeness (QED) is 0.896. The van der Waals surface area contributed by atoms with Crippen molar-refractivity contribution >= 4 is 17.3 Å². The highest BCUT2D eigenvalue weighted by Crippen LogP contribution is 2.31. The van der Waals surface area contributed by atoms with E-state index in [2.05, 4.69) is 9.97 Å². The fourth-order valence-electron chi connectivity index (χ4n) is 1.78. The molecule has 0 spiro atoms. The normalized spacial score (nSPS) is 10.2. The Morgan fingerprint density at radius 1 is 1.22 bits per heavy atom. The van der Waals surface area contributed by atoms with E-state index in [1.807, 2.05) is 43.1 Å². The third-order valence-corrected chi connectivity index (χ3v) is 2.63. The molecule has 1 aromatic heterocycles. The third-order valence-electron chi connectivity index (χ3n) is 2.63. The fraction of sp³-hybridized carbons (Fsp3) is 0.231. The van der Waals surface area contributed by atoms with Gasteiger partial charge in [-0.05, 0) is 19.1 Å². The maximum absolute atomic E-state index is 5.74. The molecule has 0 atom stereocenters. The predicted octanol–water partition coefficient (Wildman–Crippen LogP) is 2.14. The monoisotopic (exact) mass is 244 g/mol. The van der Waals surface area contributed by atoms with Crippen LogP contribution >= 0.6 is 0 Å². The van der Waals surface area contributed by atoms with E-state index in [0.717, 1.165) is 17.3 Å². The molecule has 0 bridgehead atoms. The van der Waals surface area contributed by atoms with Crippen molar-refractivity contribution in [2.75, 3.05) is 24.8 Å². The van der Waals surface area contributed by atoms with Crippen LogP contribution in [-0.2, 0) is 0 Å². The van der Waals surface area contributed by atoms with Crippen LogP contribution in [0.2, 0.25) is 0 Å². The molecule has 5 nitrogen and oxygen atoms in total. The lowest BCUT2D eigenvalue weighted by molar-refractivity contribution is 0.415. The molecule has 0 aliphatic heterocycles. The van der Waals surface area contributed by atoms with Crippen molar-refractivity contribution < 1.29 is 4.74 Å². The van der Waals surface area contributed by atoms with Crippen LogP contribution < -0.4 is 15.4 Å². The number of rotatable bonds is 3. The molecule has 18 heavy (non-hydrogen) atoms. The van der Waals surface area contributed by atoms with Gasteiger partial charge in [-0.1, -0.05) is 12.1 Å². The summed E-state index contributed by atoms with van der Waals surface area (Å²) in [5.74, 6) is 2.63. The number of ether oxygens (including phenoxy) is 1. The molecule has 0 saturated carbocycles. The molecule has 2 N–H and O–H groups in total. The Labute approximate surface area is 106 Å². The SMILES string of the molecule is COc1ccccc1N(C)c1cc(N)nc(C)n1. The summed E-state index contributed by atoms with van der Waals surface area (Å²) in [7, 11) is 3.56. The standard InChI is InChI=1S/C13H16N4O/c1-9-15-12(14)8-13(16-9)17(2)10-6-4-5-7-11(10)18-3/h4-8H,1-3H3,(H2,14,15,16). The van der Waals surface area contributed by atoms with Gasteiger partial charge in [0.05, 0.1) is 12.8 Å². The van der Waals surface area contributed by atoms with Gasteiger partial charge in [-0.25, -0.2) is 9.97 Å². The summed E-state index contributed by atoms with van der Waals surface area (Å²) in [6.07, 6.45) is 0. The number of nitrogens with two attached hydrogens (primary N) is 1. The van der Waals surface area contributed by atoms with Gasteiger partial charge in [-0.3, -0.25) is 0 Å². The summed E-state index contributed by atoms with van der Waals surface area (Å²) in [6.45, 7) is 1.82. The number of nitrogens with zero attached hydrogens (tertiary/aromatic N) is 3. The van der Waals surface area contributed by atoms with Crippen LogP contribution in [0.3, 0.4) is 0 Å². The van der Waals surface area contributed by atoms with Crippen molar-refractivity contribution in [3.63, 3.8) is 0 Å². The number of anilines is 3. The van der Waals surface area contributed by atoms with Crippen LogP contribution in [0.4, 0.5) is 17.3 Å². The number of aromatic nitrogens is 2. The third kappa shape index (κ3) is 2.34. The predicted molar refractivity (Wildman–Crippen MR) is 72.2 cm³/mol. The van der Waals surface area contributed by atoms with Crippen LogP contribution in [0.25, 0.3) is 0 Å². The highest BCUT2D eigenvalue weighted by molar-refractivity contribution is 5.67. The molecule has 0 saturated heterocycles. The first-order valence-corrected chi connectivity index (χ1v) is 5.59. The maximum Gasteiger partial charge on any atom is 0.142 e. The molecule has 1 aromatic carbocycles. The Bertz CT molecular complexity index is 536. The molecule has 0 unspecified atom stereocenters. The molecular formula is C13H16N4O. The minimum Gasteiger partial charge on any atom is -0.495 e. The van der Waals surface area contributed by atoms with E-state index in [0.29, 0.717) is 11.6 Å². The lowest BCUT2D eigenvalue weighted by Crippen LogP contribution is -2.13. The van der Waals surface area contributed by atoms with E-state index in [9.17, 15) is 0 Å². The first-order valence-electron chi connectivity index (χ1n) is 5.59. The number of methoxy groups -OCH3 is 1. The summed E-state index contributed by atoms with van der Waals surface area (Å²) >= 11 is 0. The van der Waals surface area contributed by atoms with Crippen LogP contribution in [0.1, 0.15) is 5.82 Å². The topological polar surface area (TPSA) is 64.3 Å². The molecule has 5 heteroatoms. The Morgan fingerprint density at radius 3 is 2.61 bits per heavy atom. The zero-order valence-electron chi connectivity index (χ0n) is 10.7. The van der Waals surface area contributed by atoms with Gasteiger partial charge < -0.3 is 15.4 Å². The van der Waals surface area contributed by atoms with E-state index in [1.54, 1.807) is 13.2 Å². The Balaban J connectivity index is 2.44. The number of para-hydroxylation sites is 2. The molecule has 0 aliphatic rings. The fourth-order valence-corrected chi connectivity index (χ4v) is 1.78. The van der Waals surface area contributed by atoms with E-state index >= 15 is 0 Å². The summed E-state index contributed by atoms with van der Waals surface area (Å²) in [5, 5.41) is 0. The van der Waals surface area contributed by atoms with Gasteiger partial charge in [0.2, 0.25) is 0 Å². The molecule has 0 fully saturated rings. The largest absolute Gasteiger partial charge is 0.495 e. The van der Waals surface area contributed by atoms with Gasteiger partial charge in [-0.15, -0.1) is 0 Å². The summed E-state index contributed by atoms with van der Waals surface area (Å²) in [6, 6.07) is 9.48. The van der Waals surface area contributed by atoms with Gasteiger partial charge in [0, 0.05) is 13.1 Å². The van der Waals surface area contributed by atoms with Crippen LogP contribution in [0.15, 0.2) is 30.3 Å². The molecule has 1 heterocycles. The van der Waals surface area contributed by atoms with Gasteiger partial charge in [0.25, 0.3) is 0 Å². The first-order chi connectivity index (χ1) is 8.61. The second-order valence-electron chi connectivity index (χ2n) is 3.93. The molecule has 0 amide bonds. The maximum atomic E-state index is 5.74. The molecule has 94 valence electrons. The minimum absolute atomic E-state index is 0.458. The van der Waals surface area contributed by atoms with E-state index in [4.69, 9.17) is 10.5 Å². The van der Waals surface area contributed by atoms with Crippen LogP contribution in [0, 0.1) is 6.92 Å². The van der Waals surface area contributed by atoms with E-state index < -0.39 is 0 Å². The van der Waals surface area contributed by atoms with E-state index in [-0.39, 0.29) is 0 Å². The van der Waals surface area contributed by atoms with Crippen molar-refractivity contribution in [1.29, 1.82) is 0 Å². The van der Waals surface area contributed by atoms with Crippen molar-refractivity contribution in [1.82, 2.24) is 9.97 Å². The zero-order valence-corrected chi connectivity index (χ0v) is 10.7. The van der Waals surface area contributed by atoms with Gasteiger partial charge >= 0.3 is 0 Å². The van der Waals surface area contributed by atoms with Crippen LogP contribution in [-0.4, -0.2) is 24.1 Å². The second kappa shape index (κ2) is 4.91. The molecular weight excluding hydrogens is 228 g/mol. The number of hydrogen-bond acceptors (Lipinski definition) is 5. The zero-order chi connectivity index (χ0) is 13.1. The van der Waals surface area contributed by atoms with Crippen molar-refractivity contribution in [3.05, 3.63) is 36.2 Å². The second-order valence-corrected chi connectivity index (χ2v) is 3.93. The molecule has 2 aromatic rings. The van der Waals surface area contributed by atoms with Crippen molar-refractivity contribution in [2.45, 2.75) is 6.92 Å². The van der Waals surface area contributed by atoms with Gasteiger partial charge in [0.1, 0.15) is 23.2 Å². The average molecular weight is 244 g/mol. The van der Waals surface area contributed by atoms with Gasteiger partial charge in [-0.2, -0.15) is 0 Å². The Kier molecular flexibility index (Phi) is 3.32. The Hall–Kier alpha value is -2.30. The Morgan fingerprint density at radius 2 is 1.94 bits per heavy atom. The average Bonchev–Trinajstić information content (AvgIpc) is 2.36. The summed E-state index contributed by atoms with van der Waals surface area (Å²) in [4.78, 5) is 10.3. The smallest absolute Gasteiger partial charge is 0.142 e. The minimum atomic E-state index is 0.458. The molecule has 0 radical (unpaired) electrons. The number of nitrogen functional groups attached to an aromatic ring is 1. The van der Waals surface area contributed by atoms with Crippen LogP contribution in [0.5, 0.6) is 5.75 Å². The highest BCUT2D eigenvalue weighted by Gasteiger charge is 2.11. The first kappa shape index (κ1) is 12.2. The lowest BCUT2D eigenvalue weighted by atomic mass is 10.2. The summed E-state index contributed by atoms with van der Waals surface area (Å²) < 4.78 is 5.33.